The smallest absolute Gasteiger partial charge is 0.326 e. The van der Waals surface area contributed by atoms with E-state index in [1.54, 1.807) is 6.07 Å². The molecule has 0 saturated heterocycles. The maximum Gasteiger partial charge on any atom is 0.326 e. The molecule has 1 N–H and O–H groups in total. The topological polar surface area (TPSA) is 57.6 Å². The first kappa shape index (κ1) is 12.6. The number of carboxylic acid groups (broad SMARTS) is 1. The van der Waals surface area contributed by atoms with Crippen molar-refractivity contribution in [3.63, 3.8) is 0 Å². The van der Waals surface area contributed by atoms with Crippen molar-refractivity contribution in [2.75, 3.05) is 0 Å². The molecule has 0 spiro atoms. The molecule has 1 aromatic rings. The molecule has 17 heavy (non-hydrogen) atoms. The second-order valence-corrected chi connectivity index (χ2v) is 6.97. The minimum Gasteiger partial charge on any atom is -0.480 e. The largest absolute Gasteiger partial charge is 0.480 e. The predicted molar refractivity (Wildman–Crippen MR) is 68.3 cm³/mol. The van der Waals surface area contributed by atoms with Crippen molar-refractivity contribution in [3.8, 4) is 0 Å². The second-order valence-electron chi connectivity index (χ2n) is 4.54. The molecular formula is C11H12BrNO3S. The van der Waals surface area contributed by atoms with Gasteiger partial charge in [0.05, 0.1) is 14.9 Å². The quantitative estimate of drug-likeness (QED) is 0.912. The van der Waals surface area contributed by atoms with Crippen LogP contribution >= 0.6 is 27.3 Å². The number of aliphatic carboxylic acids is 1. The van der Waals surface area contributed by atoms with Crippen molar-refractivity contribution in [1.29, 1.82) is 0 Å². The Morgan fingerprint density at radius 1 is 1.59 bits per heavy atom. The van der Waals surface area contributed by atoms with Gasteiger partial charge in [-0.2, -0.15) is 0 Å². The number of carbonyl (C=O) groups excluding carboxylic acids is 1. The van der Waals surface area contributed by atoms with E-state index in [1.165, 1.54) is 23.2 Å². The summed E-state index contributed by atoms with van der Waals surface area (Å²) >= 11 is 4.84. The summed E-state index contributed by atoms with van der Waals surface area (Å²) in [6, 6.07) is 0.939. The number of hydrogen-bond acceptors (Lipinski definition) is 3. The number of halogens is 1. The number of fused-ring (bicyclic) bond motifs is 1. The van der Waals surface area contributed by atoms with E-state index in [4.69, 9.17) is 5.11 Å². The molecule has 6 heteroatoms. The van der Waals surface area contributed by atoms with Gasteiger partial charge in [0, 0.05) is 4.88 Å². The van der Waals surface area contributed by atoms with E-state index in [-0.39, 0.29) is 5.91 Å². The second kappa shape index (κ2) is 3.81. The first-order valence-electron chi connectivity index (χ1n) is 5.13. The number of hydrogen-bond donors (Lipinski definition) is 1. The molecule has 0 radical (unpaired) electrons. The van der Waals surface area contributed by atoms with Gasteiger partial charge in [-0.05, 0) is 42.8 Å². The first-order valence-corrected chi connectivity index (χ1v) is 6.74. The number of amides is 1. The van der Waals surface area contributed by atoms with Crippen molar-refractivity contribution >= 4 is 39.1 Å². The highest BCUT2D eigenvalue weighted by Gasteiger charge is 2.48. The molecule has 92 valence electrons. The van der Waals surface area contributed by atoms with Crippen LogP contribution in [-0.4, -0.2) is 27.9 Å². The molecule has 2 heterocycles. The lowest BCUT2D eigenvalue weighted by molar-refractivity contribution is -0.143. The van der Waals surface area contributed by atoms with Crippen molar-refractivity contribution in [2.24, 2.45) is 0 Å². The van der Waals surface area contributed by atoms with Gasteiger partial charge in [-0.25, -0.2) is 4.79 Å². The van der Waals surface area contributed by atoms with Crippen molar-refractivity contribution in [1.82, 2.24) is 4.90 Å². The van der Waals surface area contributed by atoms with Crippen LogP contribution in [0.25, 0.3) is 0 Å². The van der Waals surface area contributed by atoms with Gasteiger partial charge in [0.15, 0.2) is 0 Å². The summed E-state index contributed by atoms with van der Waals surface area (Å²) in [6.07, 6.45) is 0. The van der Waals surface area contributed by atoms with Crippen LogP contribution in [0.5, 0.6) is 0 Å². The summed E-state index contributed by atoms with van der Waals surface area (Å²) in [6.45, 7) is 5.28. The maximum absolute atomic E-state index is 12.2. The zero-order valence-electron chi connectivity index (χ0n) is 9.65. The summed E-state index contributed by atoms with van der Waals surface area (Å²) in [7, 11) is 0. The van der Waals surface area contributed by atoms with Gasteiger partial charge in [-0.15, -0.1) is 11.3 Å². The van der Waals surface area contributed by atoms with Crippen LogP contribution < -0.4 is 0 Å². The standard InChI is InChI=1S/C11H12BrNO3S/c1-5(10(15)16)13-9(14)6-4-7(12)17-8(6)11(13,2)3/h4-5H,1-3H3,(H,15,16). The fraction of sp³-hybridized carbons (Fsp3) is 0.455. The summed E-state index contributed by atoms with van der Waals surface area (Å²) in [5.41, 5.74) is 0.0425. The molecule has 4 nitrogen and oxygen atoms in total. The lowest BCUT2D eigenvalue weighted by Gasteiger charge is -2.34. The van der Waals surface area contributed by atoms with Crippen molar-refractivity contribution in [2.45, 2.75) is 32.4 Å². The van der Waals surface area contributed by atoms with Crippen molar-refractivity contribution in [3.05, 3.63) is 20.3 Å². The highest BCUT2D eigenvalue weighted by atomic mass is 79.9. The van der Waals surface area contributed by atoms with Crippen LogP contribution in [0.3, 0.4) is 0 Å². The molecule has 1 amide bonds. The van der Waals surface area contributed by atoms with Gasteiger partial charge >= 0.3 is 5.97 Å². The number of thiophene rings is 1. The highest BCUT2D eigenvalue weighted by molar-refractivity contribution is 9.11. The molecule has 1 unspecified atom stereocenters. The van der Waals surface area contributed by atoms with E-state index in [0.717, 1.165) is 8.66 Å². The van der Waals surface area contributed by atoms with Crippen LogP contribution in [0.4, 0.5) is 0 Å². The molecule has 1 aliphatic rings. The number of carboxylic acids is 1. The third-order valence-corrected chi connectivity index (χ3v) is 5.00. The molecule has 0 saturated carbocycles. The molecule has 2 rings (SSSR count). The predicted octanol–water partition coefficient (Wildman–Crippen LogP) is 2.67. The molecule has 0 aliphatic carbocycles. The van der Waals surface area contributed by atoms with Crippen LogP contribution in [0.2, 0.25) is 0 Å². The van der Waals surface area contributed by atoms with Crippen LogP contribution in [0.15, 0.2) is 9.85 Å². The molecule has 0 bridgehead atoms. The van der Waals surface area contributed by atoms with Crippen LogP contribution in [0.1, 0.15) is 36.0 Å². The Morgan fingerprint density at radius 3 is 2.65 bits per heavy atom. The zero-order valence-corrected chi connectivity index (χ0v) is 12.1. The summed E-state index contributed by atoms with van der Waals surface area (Å²) < 4.78 is 0.895. The molecule has 1 atom stereocenters. The van der Waals surface area contributed by atoms with Gasteiger partial charge < -0.3 is 10.0 Å². The van der Waals surface area contributed by atoms with E-state index in [9.17, 15) is 9.59 Å². The minimum atomic E-state index is -0.986. The fourth-order valence-corrected chi connectivity index (χ4v) is 3.93. The van der Waals surface area contributed by atoms with Crippen LogP contribution in [-0.2, 0) is 10.3 Å². The Kier molecular flexibility index (Phi) is 2.82. The van der Waals surface area contributed by atoms with E-state index in [1.807, 2.05) is 13.8 Å². The molecule has 0 fully saturated rings. The van der Waals surface area contributed by atoms with E-state index in [2.05, 4.69) is 15.9 Å². The Morgan fingerprint density at radius 2 is 2.18 bits per heavy atom. The minimum absolute atomic E-state index is 0.207. The fourth-order valence-electron chi connectivity index (χ4n) is 2.24. The third-order valence-electron chi connectivity index (χ3n) is 3.05. The van der Waals surface area contributed by atoms with Crippen molar-refractivity contribution < 1.29 is 14.7 Å². The highest BCUT2D eigenvalue weighted by Crippen LogP contribution is 2.45. The Hall–Kier alpha value is -0.880. The Bertz CT molecular complexity index is 509. The average molecular weight is 318 g/mol. The SMILES string of the molecule is CC(C(=O)O)N1C(=O)c2cc(Br)sc2C1(C)C. The summed E-state index contributed by atoms with van der Waals surface area (Å²) in [5.74, 6) is -1.19. The Labute approximate surface area is 111 Å². The maximum atomic E-state index is 12.2. The molecule has 0 aromatic carbocycles. The molecule has 1 aromatic heterocycles. The van der Waals surface area contributed by atoms with E-state index >= 15 is 0 Å². The third kappa shape index (κ3) is 1.70. The van der Waals surface area contributed by atoms with Crippen LogP contribution in [0, 0.1) is 0 Å². The molecular weight excluding hydrogens is 306 g/mol. The van der Waals surface area contributed by atoms with Gasteiger partial charge in [-0.1, -0.05) is 0 Å². The van der Waals surface area contributed by atoms with Gasteiger partial charge in [-0.3, -0.25) is 4.79 Å². The first-order chi connectivity index (χ1) is 7.76. The average Bonchev–Trinajstić information content (AvgIpc) is 2.66. The summed E-state index contributed by atoms with van der Waals surface area (Å²) in [5, 5.41) is 9.06. The van der Waals surface area contributed by atoms with E-state index < -0.39 is 17.6 Å². The van der Waals surface area contributed by atoms with Gasteiger partial charge in [0.1, 0.15) is 6.04 Å². The lowest BCUT2D eigenvalue weighted by atomic mass is 10.0. The monoisotopic (exact) mass is 317 g/mol. The van der Waals surface area contributed by atoms with E-state index in [0.29, 0.717) is 5.56 Å². The lowest BCUT2D eigenvalue weighted by Crippen LogP contribution is -2.48. The summed E-state index contributed by atoms with van der Waals surface area (Å²) in [4.78, 5) is 25.6. The number of carbonyl (C=O) groups is 2. The number of rotatable bonds is 2. The van der Waals surface area contributed by atoms with Gasteiger partial charge in [0.25, 0.3) is 5.91 Å². The normalized spacial score (nSPS) is 19.3. The molecule has 1 aliphatic heterocycles. The zero-order chi connectivity index (χ0) is 13.0. The number of nitrogens with zero attached hydrogens (tertiary/aromatic N) is 1. The Balaban J connectivity index is 2.51. The van der Waals surface area contributed by atoms with Gasteiger partial charge in [0.2, 0.25) is 0 Å².